The zero-order valence-corrected chi connectivity index (χ0v) is 12.7. The van der Waals surface area contributed by atoms with Crippen LogP contribution in [0.1, 0.15) is 26.2 Å². The lowest BCUT2D eigenvalue weighted by Gasteiger charge is -2.33. The van der Waals surface area contributed by atoms with Crippen LogP contribution in [0.2, 0.25) is 0 Å². The molecular formula is C16H25FN2O2. The maximum Gasteiger partial charge on any atom is 0.142 e. The van der Waals surface area contributed by atoms with Crippen LogP contribution in [-0.4, -0.2) is 39.0 Å². The minimum absolute atomic E-state index is 0.146. The Labute approximate surface area is 126 Å². The summed E-state index contributed by atoms with van der Waals surface area (Å²) < 4.78 is 24.6. The predicted molar refractivity (Wildman–Crippen MR) is 82.4 cm³/mol. The average Bonchev–Trinajstić information content (AvgIpc) is 2.48. The molecule has 0 aromatic heterocycles. The Bertz CT molecular complexity index is 442. The molecule has 1 aromatic rings. The Kier molecular flexibility index (Phi) is 6.26. The van der Waals surface area contributed by atoms with Gasteiger partial charge in [-0.2, -0.15) is 0 Å². The van der Waals surface area contributed by atoms with Gasteiger partial charge >= 0.3 is 0 Å². The van der Waals surface area contributed by atoms with Crippen LogP contribution in [0.5, 0.6) is 5.75 Å². The number of hydrogen-bond donors (Lipinski definition) is 1. The van der Waals surface area contributed by atoms with E-state index < -0.39 is 0 Å². The number of halogens is 1. The van der Waals surface area contributed by atoms with E-state index in [0.29, 0.717) is 19.8 Å². The minimum Gasteiger partial charge on any atom is -0.491 e. The highest BCUT2D eigenvalue weighted by Crippen LogP contribution is 2.31. The van der Waals surface area contributed by atoms with Crippen molar-refractivity contribution in [2.45, 2.75) is 32.2 Å². The standard InChI is InChI=1S/C16H25FN2O2/c1-2-20-9-4-10-21-16-7-6-13(17)11-15(16)19-8-3-5-14(18)12-19/h6-7,11,14H,2-5,8-10,12,18H2,1H3. The summed E-state index contributed by atoms with van der Waals surface area (Å²) >= 11 is 0. The summed E-state index contributed by atoms with van der Waals surface area (Å²) in [5.74, 6) is 0.479. The van der Waals surface area contributed by atoms with Crippen LogP contribution >= 0.6 is 0 Å². The Morgan fingerprint density at radius 3 is 3.00 bits per heavy atom. The first kappa shape index (κ1) is 16.0. The third kappa shape index (κ3) is 4.86. The Hall–Kier alpha value is -1.33. The van der Waals surface area contributed by atoms with Crippen LogP contribution in [0.4, 0.5) is 10.1 Å². The molecule has 118 valence electrons. The van der Waals surface area contributed by atoms with Crippen LogP contribution in [0.25, 0.3) is 0 Å². The van der Waals surface area contributed by atoms with E-state index in [0.717, 1.165) is 43.8 Å². The van der Waals surface area contributed by atoms with E-state index in [-0.39, 0.29) is 11.9 Å². The van der Waals surface area contributed by atoms with Crippen molar-refractivity contribution < 1.29 is 13.9 Å². The molecule has 0 saturated carbocycles. The van der Waals surface area contributed by atoms with E-state index in [1.807, 2.05) is 6.92 Å². The van der Waals surface area contributed by atoms with Gasteiger partial charge in [-0.25, -0.2) is 4.39 Å². The summed E-state index contributed by atoms with van der Waals surface area (Å²) in [6, 6.07) is 4.82. The third-order valence-electron chi connectivity index (χ3n) is 3.61. The molecule has 0 bridgehead atoms. The lowest BCUT2D eigenvalue weighted by Crippen LogP contribution is -2.43. The van der Waals surface area contributed by atoms with Crippen molar-refractivity contribution in [3.63, 3.8) is 0 Å². The fourth-order valence-electron chi connectivity index (χ4n) is 2.58. The largest absolute Gasteiger partial charge is 0.491 e. The maximum absolute atomic E-state index is 13.6. The Morgan fingerprint density at radius 1 is 1.38 bits per heavy atom. The van der Waals surface area contributed by atoms with Crippen molar-refractivity contribution in [3.8, 4) is 5.75 Å². The van der Waals surface area contributed by atoms with E-state index >= 15 is 0 Å². The van der Waals surface area contributed by atoms with Gasteiger partial charge in [-0.15, -0.1) is 0 Å². The number of nitrogens with two attached hydrogens (primary N) is 1. The molecule has 1 aliphatic heterocycles. The van der Waals surface area contributed by atoms with Gasteiger partial charge in [-0.1, -0.05) is 0 Å². The third-order valence-corrected chi connectivity index (χ3v) is 3.61. The topological polar surface area (TPSA) is 47.7 Å². The molecule has 0 radical (unpaired) electrons. The molecule has 1 aliphatic rings. The van der Waals surface area contributed by atoms with Gasteiger partial charge in [0.2, 0.25) is 0 Å². The lowest BCUT2D eigenvalue weighted by atomic mass is 10.1. The van der Waals surface area contributed by atoms with Crippen molar-refractivity contribution in [2.75, 3.05) is 37.8 Å². The van der Waals surface area contributed by atoms with Crippen LogP contribution in [-0.2, 0) is 4.74 Å². The van der Waals surface area contributed by atoms with Crippen LogP contribution < -0.4 is 15.4 Å². The monoisotopic (exact) mass is 296 g/mol. The second-order valence-corrected chi connectivity index (χ2v) is 5.36. The second-order valence-electron chi connectivity index (χ2n) is 5.36. The fraction of sp³-hybridized carbons (Fsp3) is 0.625. The van der Waals surface area contributed by atoms with Crippen molar-refractivity contribution in [1.29, 1.82) is 0 Å². The number of piperidine rings is 1. The van der Waals surface area contributed by atoms with Gasteiger partial charge in [0.05, 0.1) is 12.3 Å². The van der Waals surface area contributed by atoms with Crippen molar-refractivity contribution in [3.05, 3.63) is 24.0 Å². The highest BCUT2D eigenvalue weighted by atomic mass is 19.1. The highest BCUT2D eigenvalue weighted by molar-refractivity contribution is 5.59. The summed E-state index contributed by atoms with van der Waals surface area (Å²) in [6.45, 7) is 5.58. The summed E-state index contributed by atoms with van der Waals surface area (Å²) in [7, 11) is 0. The molecule has 0 aliphatic carbocycles. The van der Waals surface area contributed by atoms with Crippen molar-refractivity contribution in [2.24, 2.45) is 5.73 Å². The zero-order chi connectivity index (χ0) is 15.1. The van der Waals surface area contributed by atoms with E-state index in [2.05, 4.69) is 4.90 Å². The van der Waals surface area contributed by atoms with Gasteiger partial charge in [0.25, 0.3) is 0 Å². The molecular weight excluding hydrogens is 271 g/mol. The normalized spacial score (nSPS) is 18.8. The number of hydrogen-bond acceptors (Lipinski definition) is 4. The number of ether oxygens (including phenoxy) is 2. The summed E-state index contributed by atoms with van der Waals surface area (Å²) in [6.07, 6.45) is 2.88. The zero-order valence-electron chi connectivity index (χ0n) is 12.7. The van der Waals surface area contributed by atoms with E-state index in [1.54, 1.807) is 6.07 Å². The first-order valence-corrected chi connectivity index (χ1v) is 7.71. The molecule has 1 heterocycles. The molecule has 2 rings (SSSR count). The Morgan fingerprint density at radius 2 is 2.24 bits per heavy atom. The van der Waals surface area contributed by atoms with E-state index in [9.17, 15) is 4.39 Å². The van der Waals surface area contributed by atoms with Gasteiger partial charge < -0.3 is 20.1 Å². The van der Waals surface area contributed by atoms with Crippen LogP contribution in [0.3, 0.4) is 0 Å². The lowest BCUT2D eigenvalue weighted by molar-refractivity contribution is 0.131. The molecule has 1 unspecified atom stereocenters. The van der Waals surface area contributed by atoms with Gasteiger partial charge in [-0.05, 0) is 31.9 Å². The SMILES string of the molecule is CCOCCCOc1ccc(F)cc1N1CCCC(N)C1. The van der Waals surface area contributed by atoms with Crippen molar-refractivity contribution in [1.82, 2.24) is 0 Å². The number of anilines is 1. The Balaban J connectivity index is 1.99. The van der Waals surface area contributed by atoms with E-state index in [1.165, 1.54) is 12.1 Å². The van der Waals surface area contributed by atoms with Crippen LogP contribution in [0.15, 0.2) is 18.2 Å². The highest BCUT2D eigenvalue weighted by Gasteiger charge is 2.20. The van der Waals surface area contributed by atoms with Crippen molar-refractivity contribution >= 4 is 5.69 Å². The molecule has 21 heavy (non-hydrogen) atoms. The quantitative estimate of drug-likeness (QED) is 0.786. The molecule has 0 amide bonds. The molecule has 1 fully saturated rings. The minimum atomic E-state index is -0.245. The molecule has 1 atom stereocenters. The molecule has 2 N–H and O–H groups in total. The molecule has 0 spiro atoms. The van der Waals surface area contributed by atoms with Gasteiger partial charge in [0.15, 0.2) is 0 Å². The first-order valence-electron chi connectivity index (χ1n) is 7.71. The predicted octanol–water partition coefficient (Wildman–Crippen LogP) is 2.56. The molecule has 1 aromatic carbocycles. The summed E-state index contributed by atoms with van der Waals surface area (Å²) in [4.78, 5) is 2.12. The first-order chi connectivity index (χ1) is 10.2. The van der Waals surface area contributed by atoms with Gasteiger partial charge in [0, 0.05) is 44.8 Å². The van der Waals surface area contributed by atoms with Crippen LogP contribution in [0, 0.1) is 5.82 Å². The van der Waals surface area contributed by atoms with Gasteiger partial charge in [0.1, 0.15) is 11.6 Å². The average molecular weight is 296 g/mol. The molecule has 4 nitrogen and oxygen atoms in total. The summed E-state index contributed by atoms with van der Waals surface area (Å²) in [5, 5.41) is 0. The molecule has 5 heteroatoms. The summed E-state index contributed by atoms with van der Waals surface area (Å²) in [5.41, 5.74) is 6.82. The molecule has 1 saturated heterocycles. The van der Waals surface area contributed by atoms with E-state index in [4.69, 9.17) is 15.2 Å². The number of nitrogens with zero attached hydrogens (tertiary/aromatic N) is 1. The number of benzene rings is 1. The van der Waals surface area contributed by atoms with Gasteiger partial charge in [-0.3, -0.25) is 0 Å². The smallest absolute Gasteiger partial charge is 0.142 e. The fourth-order valence-corrected chi connectivity index (χ4v) is 2.58. The maximum atomic E-state index is 13.6. The second kappa shape index (κ2) is 8.20. The number of rotatable bonds is 7.